The first-order valence-electron chi connectivity index (χ1n) is 6.11. The number of carbonyl (C=O) groups is 1. The molecular formula is C16H17NO. The standard InChI is InChI=1S/C16H17NO/c1-12-6-8-14(9-7-12)16(18)15-5-3-2-4-13(15)10-11-17/h2-9H,10-11,17H2,1H3. The van der Waals surface area contributed by atoms with Gasteiger partial charge >= 0.3 is 0 Å². The maximum atomic E-state index is 12.4. The third-order valence-electron chi connectivity index (χ3n) is 2.99. The van der Waals surface area contributed by atoms with Gasteiger partial charge in [-0.3, -0.25) is 4.79 Å². The quantitative estimate of drug-likeness (QED) is 0.834. The summed E-state index contributed by atoms with van der Waals surface area (Å²) in [7, 11) is 0. The van der Waals surface area contributed by atoms with Gasteiger partial charge in [0.05, 0.1) is 0 Å². The normalized spacial score (nSPS) is 10.3. The molecule has 0 bridgehead atoms. The maximum Gasteiger partial charge on any atom is 0.193 e. The van der Waals surface area contributed by atoms with Crippen molar-refractivity contribution in [3.05, 3.63) is 70.8 Å². The predicted octanol–water partition coefficient (Wildman–Crippen LogP) is 2.73. The Labute approximate surface area is 107 Å². The van der Waals surface area contributed by atoms with E-state index in [4.69, 9.17) is 5.73 Å². The molecular weight excluding hydrogens is 222 g/mol. The molecule has 0 fully saturated rings. The second kappa shape index (κ2) is 5.61. The average molecular weight is 239 g/mol. The van der Waals surface area contributed by atoms with E-state index in [2.05, 4.69) is 0 Å². The zero-order chi connectivity index (χ0) is 13.0. The van der Waals surface area contributed by atoms with Gasteiger partial charge in [0.2, 0.25) is 0 Å². The van der Waals surface area contributed by atoms with Crippen molar-refractivity contribution in [2.24, 2.45) is 5.73 Å². The summed E-state index contributed by atoms with van der Waals surface area (Å²) in [5.41, 5.74) is 9.23. The van der Waals surface area contributed by atoms with Crippen LogP contribution < -0.4 is 5.73 Å². The van der Waals surface area contributed by atoms with Crippen molar-refractivity contribution in [2.75, 3.05) is 6.54 Å². The monoisotopic (exact) mass is 239 g/mol. The molecule has 0 saturated carbocycles. The van der Waals surface area contributed by atoms with Gasteiger partial charge in [0.15, 0.2) is 5.78 Å². The number of benzene rings is 2. The van der Waals surface area contributed by atoms with E-state index in [0.717, 1.165) is 28.7 Å². The van der Waals surface area contributed by atoms with Gasteiger partial charge in [0.1, 0.15) is 0 Å². The van der Waals surface area contributed by atoms with E-state index in [1.807, 2.05) is 55.5 Å². The molecule has 2 rings (SSSR count). The third-order valence-corrected chi connectivity index (χ3v) is 2.99. The first-order chi connectivity index (χ1) is 8.72. The number of nitrogens with two attached hydrogens (primary N) is 1. The summed E-state index contributed by atoms with van der Waals surface area (Å²) >= 11 is 0. The van der Waals surface area contributed by atoms with Crippen molar-refractivity contribution >= 4 is 5.78 Å². The van der Waals surface area contributed by atoms with Crippen LogP contribution in [0.3, 0.4) is 0 Å². The molecule has 0 unspecified atom stereocenters. The van der Waals surface area contributed by atoms with E-state index in [1.165, 1.54) is 0 Å². The van der Waals surface area contributed by atoms with Crippen molar-refractivity contribution < 1.29 is 4.79 Å². The molecule has 2 heteroatoms. The van der Waals surface area contributed by atoms with Gasteiger partial charge in [-0.15, -0.1) is 0 Å². The van der Waals surface area contributed by atoms with Crippen molar-refractivity contribution in [1.29, 1.82) is 0 Å². The first-order valence-corrected chi connectivity index (χ1v) is 6.11. The van der Waals surface area contributed by atoms with Gasteiger partial charge in [0.25, 0.3) is 0 Å². The molecule has 92 valence electrons. The number of aryl methyl sites for hydroxylation is 1. The highest BCUT2D eigenvalue weighted by Gasteiger charge is 2.12. The van der Waals surface area contributed by atoms with E-state index in [0.29, 0.717) is 6.54 Å². The van der Waals surface area contributed by atoms with Crippen LogP contribution in [0.2, 0.25) is 0 Å². The summed E-state index contributed by atoms with van der Waals surface area (Å²) in [6.45, 7) is 2.56. The molecule has 2 aromatic carbocycles. The van der Waals surface area contributed by atoms with Crippen LogP contribution in [0.25, 0.3) is 0 Å². The molecule has 2 nitrogen and oxygen atoms in total. The Bertz CT molecular complexity index is 543. The lowest BCUT2D eigenvalue weighted by atomic mass is 9.96. The van der Waals surface area contributed by atoms with Crippen molar-refractivity contribution in [2.45, 2.75) is 13.3 Å². The van der Waals surface area contributed by atoms with Gasteiger partial charge in [0, 0.05) is 11.1 Å². The summed E-state index contributed by atoms with van der Waals surface area (Å²) in [6.07, 6.45) is 0.730. The fraction of sp³-hybridized carbons (Fsp3) is 0.188. The largest absolute Gasteiger partial charge is 0.330 e. The lowest BCUT2D eigenvalue weighted by Crippen LogP contribution is -2.09. The Morgan fingerprint density at radius 3 is 2.39 bits per heavy atom. The van der Waals surface area contributed by atoms with Crippen molar-refractivity contribution in [3.63, 3.8) is 0 Å². The molecule has 0 aliphatic carbocycles. The minimum absolute atomic E-state index is 0.0686. The van der Waals surface area contributed by atoms with Gasteiger partial charge < -0.3 is 5.73 Å². The van der Waals surface area contributed by atoms with Gasteiger partial charge in [-0.2, -0.15) is 0 Å². The smallest absolute Gasteiger partial charge is 0.193 e. The van der Waals surface area contributed by atoms with E-state index in [9.17, 15) is 4.79 Å². The lowest BCUT2D eigenvalue weighted by Gasteiger charge is -2.07. The van der Waals surface area contributed by atoms with E-state index in [1.54, 1.807) is 0 Å². The van der Waals surface area contributed by atoms with Crippen molar-refractivity contribution in [1.82, 2.24) is 0 Å². The van der Waals surface area contributed by atoms with Gasteiger partial charge in [-0.05, 0) is 25.5 Å². The summed E-state index contributed by atoms with van der Waals surface area (Å²) < 4.78 is 0. The molecule has 0 saturated heterocycles. The Morgan fingerprint density at radius 2 is 1.72 bits per heavy atom. The minimum atomic E-state index is 0.0686. The van der Waals surface area contributed by atoms with Crippen LogP contribution in [0.5, 0.6) is 0 Å². The van der Waals surface area contributed by atoms with Crippen LogP contribution in [0, 0.1) is 6.92 Å². The molecule has 0 amide bonds. The highest BCUT2D eigenvalue weighted by atomic mass is 16.1. The summed E-state index contributed by atoms with van der Waals surface area (Å²) in [5, 5.41) is 0. The fourth-order valence-electron chi connectivity index (χ4n) is 1.98. The number of ketones is 1. The maximum absolute atomic E-state index is 12.4. The Balaban J connectivity index is 2.36. The molecule has 0 aromatic heterocycles. The molecule has 2 N–H and O–H groups in total. The Hall–Kier alpha value is -1.93. The molecule has 2 aromatic rings. The van der Waals surface area contributed by atoms with Crippen LogP contribution >= 0.6 is 0 Å². The number of rotatable bonds is 4. The van der Waals surface area contributed by atoms with Crippen LogP contribution in [0.4, 0.5) is 0 Å². The summed E-state index contributed by atoms with van der Waals surface area (Å²) in [5.74, 6) is 0.0686. The SMILES string of the molecule is Cc1ccc(C(=O)c2ccccc2CCN)cc1. The van der Waals surface area contributed by atoms with Crippen LogP contribution in [0.15, 0.2) is 48.5 Å². The van der Waals surface area contributed by atoms with E-state index >= 15 is 0 Å². The molecule has 0 heterocycles. The topological polar surface area (TPSA) is 43.1 Å². The molecule has 18 heavy (non-hydrogen) atoms. The molecule has 0 spiro atoms. The average Bonchev–Trinajstić information content (AvgIpc) is 2.40. The predicted molar refractivity (Wildman–Crippen MR) is 73.8 cm³/mol. The molecule has 0 aliphatic rings. The zero-order valence-electron chi connectivity index (χ0n) is 10.5. The second-order valence-corrected chi connectivity index (χ2v) is 4.39. The number of carbonyl (C=O) groups excluding carboxylic acids is 1. The Kier molecular flexibility index (Phi) is 3.90. The van der Waals surface area contributed by atoms with E-state index < -0.39 is 0 Å². The Morgan fingerprint density at radius 1 is 1.06 bits per heavy atom. The lowest BCUT2D eigenvalue weighted by molar-refractivity contribution is 0.103. The van der Waals surface area contributed by atoms with Crippen LogP contribution in [-0.4, -0.2) is 12.3 Å². The molecule has 0 radical (unpaired) electrons. The van der Waals surface area contributed by atoms with Crippen LogP contribution in [-0.2, 0) is 6.42 Å². The number of hydrogen-bond acceptors (Lipinski definition) is 2. The third kappa shape index (κ3) is 2.66. The van der Waals surface area contributed by atoms with Gasteiger partial charge in [-0.1, -0.05) is 54.1 Å². The highest BCUT2D eigenvalue weighted by Crippen LogP contribution is 2.15. The second-order valence-electron chi connectivity index (χ2n) is 4.39. The minimum Gasteiger partial charge on any atom is -0.330 e. The number of hydrogen-bond donors (Lipinski definition) is 1. The fourth-order valence-corrected chi connectivity index (χ4v) is 1.98. The van der Waals surface area contributed by atoms with Gasteiger partial charge in [-0.25, -0.2) is 0 Å². The molecule has 0 aliphatic heterocycles. The first kappa shape index (κ1) is 12.5. The molecule has 0 atom stereocenters. The van der Waals surface area contributed by atoms with Crippen molar-refractivity contribution in [3.8, 4) is 0 Å². The van der Waals surface area contributed by atoms with Crippen LogP contribution in [0.1, 0.15) is 27.0 Å². The zero-order valence-corrected chi connectivity index (χ0v) is 10.5. The van der Waals surface area contributed by atoms with E-state index in [-0.39, 0.29) is 5.78 Å². The summed E-state index contributed by atoms with van der Waals surface area (Å²) in [6, 6.07) is 15.3. The summed E-state index contributed by atoms with van der Waals surface area (Å²) in [4.78, 5) is 12.4. The highest BCUT2D eigenvalue weighted by molar-refractivity contribution is 6.09.